The zero-order valence-electron chi connectivity index (χ0n) is 8.35. The number of carbonyl (C=O) groups excluding carboxylic acids is 1. The van der Waals surface area contributed by atoms with E-state index in [0.29, 0.717) is 5.56 Å². The molecule has 0 spiro atoms. The molecule has 2 aromatic rings. The van der Waals surface area contributed by atoms with Crippen LogP contribution in [0.3, 0.4) is 0 Å². The van der Waals surface area contributed by atoms with Crippen LogP contribution in [-0.2, 0) is 0 Å². The van der Waals surface area contributed by atoms with E-state index in [4.69, 9.17) is 0 Å². The van der Waals surface area contributed by atoms with E-state index >= 15 is 0 Å². The summed E-state index contributed by atoms with van der Waals surface area (Å²) in [4.78, 5) is 15.7. The van der Waals surface area contributed by atoms with E-state index in [9.17, 15) is 4.79 Å². The fourth-order valence-electron chi connectivity index (χ4n) is 1.25. The van der Waals surface area contributed by atoms with Gasteiger partial charge in [-0.2, -0.15) is 0 Å². The van der Waals surface area contributed by atoms with Gasteiger partial charge in [-0.25, -0.2) is 0 Å². The summed E-state index contributed by atoms with van der Waals surface area (Å²) in [6.45, 7) is 0. The summed E-state index contributed by atoms with van der Waals surface area (Å²) in [6, 6.07) is 10.9. The molecule has 4 heteroatoms. The first-order valence-electron chi connectivity index (χ1n) is 4.73. The molecule has 1 aromatic heterocycles. The molecule has 1 heterocycles. The van der Waals surface area contributed by atoms with Crippen LogP contribution in [0.5, 0.6) is 0 Å². The van der Waals surface area contributed by atoms with Gasteiger partial charge >= 0.3 is 0 Å². The number of pyridine rings is 1. The Hall–Kier alpha value is -1.68. The lowest BCUT2D eigenvalue weighted by Gasteiger charge is -2.06. The first-order chi connectivity index (χ1) is 7.77. The van der Waals surface area contributed by atoms with E-state index in [0.717, 1.165) is 10.2 Å². The molecule has 0 aliphatic rings. The van der Waals surface area contributed by atoms with Crippen LogP contribution < -0.4 is 5.32 Å². The monoisotopic (exact) mass is 276 g/mol. The van der Waals surface area contributed by atoms with Crippen molar-refractivity contribution >= 4 is 27.5 Å². The molecule has 80 valence electrons. The predicted molar refractivity (Wildman–Crippen MR) is 66.3 cm³/mol. The molecule has 0 fully saturated rings. The number of benzene rings is 1. The number of anilines is 1. The fourth-order valence-corrected chi connectivity index (χ4v) is 1.64. The highest BCUT2D eigenvalue weighted by atomic mass is 79.9. The highest BCUT2D eigenvalue weighted by molar-refractivity contribution is 9.10. The third kappa shape index (κ3) is 2.46. The first kappa shape index (κ1) is 10.8. The van der Waals surface area contributed by atoms with Crippen molar-refractivity contribution in [3.8, 4) is 0 Å². The Kier molecular flexibility index (Phi) is 3.31. The topological polar surface area (TPSA) is 42.0 Å². The van der Waals surface area contributed by atoms with Gasteiger partial charge in [0.25, 0.3) is 5.91 Å². The second-order valence-corrected chi connectivity index (χ2v) is 4.03. The Morgan fingerprint density at radius 1 is 1.19 bits per heavy atom. The fraction of sp³-hybridized carbons (Fsp3) is 0. The molecule has 0 saturated heterocycles. The van der Waals surface area contributed by atoms with Crippen molar-refractivity contribution < 1.29 is 4.79 Å². The average molecular weight is 277 g/mol. The van der Waals surface area contributed by atoms with Crippen molar-refractivity contribution in [2.45, 2.75) is 0 Å². The first-order valence-corrected chi connectivity index (χ1v) is 5.52. The molecule has 2 rings (SSSR count). The lowest BCUT2D eigenvalue weighted by atomic mass is 10.2. The number of para-hydroxylation sites is 1. The highest BCUT2D eigenvalue weighted by Gasteiger charge is 2.06. The molecule has 3 nitrogen and oxygen atoms in total. The molecule has 0 saturated carbocycles. The van der Waals surface area contributed by atoms with Gasteiger partial charge < -0.3 is 5.32 Å². The van der Waals surface area contributed by atoms with Gasteiger partial charge in [0.1, 0.15) is 0 Å². The summed E-state index contributed by atoms with van der Waals surface area (Å²) in [5.41, 5.74) is 1.29. The van der Waals surface area contributed by atoms with Crippen LogP contribution in [0.25, 0.3) is 0 Å². The van der Waals surface area contributed by atoms with Gasteiger partial charge in [-0.1, -0.05) is 12.1 Å². The van der Waals surface area contributed by atoms with Crippen LogP contribution in [0.4, 0.5) is 5.69 Å². The standard InChI is InChI=1S/C12H9BrN2O/c13-10-5-1-2-6-11(10)15-12(16)9-4-3-7-14-8-9/h1-8H,(H,15,16). The smallest absolute Gasteiger partial charge is 0.257 e. The zero-order valence-corrected chi connectivity index (χ0v) is 9.94. The summed E-state index contributed by atoms with van der Waals surface area (Å²) < 4.78 is 0.854. The van der Waals surface area contributed by atoms with Crippen molar-refractivity contribution in [2.24, 2.45) is 0 Å². The molecule has 16 heavy (non-hydrogen) atoms. The normalized spacial score (nSPS) is 9.81. The van der Waals surface area contributed by atoms with Crippen LogP contribution in [-0.4, -0.2) is 10.9 Å². The summed E-state index contributed by atoms with van der Waals surface area (Å²) in [7, 11) is 0. The number of hydrogen-bond acceptors (Lipinski definition) is 2. The second kappa shape index (κ2) is 4.90. The molecule has 0 radical (unpaired) electrons. The Labute approximate surface area is 102 Å². The number of halogens is 1. The lowest BCUT2D eigenvalue weighted by Crippen LogP contribution is -2.12. The van der Waals surface area contributed by atoms with E-state index in [1.54, 1.807) is 18.3 Å². The maximum Gasteiger partial charge on any atom is 0.257 e. The number of rotatable bonds is 2. The molecule has 0 aliphatic heterocycles. The van der Waals surface area contributed by atoms with Crippen LogP contribution in [0, 0.1) is 0 Å². The number of hydrogen-bond donors (Lipinski definition) is 1. The number of aromatic nitrogens is 1. The van der Waals surface area contributed by atoms with Crippen molar-refractivity contribution in [2.75, 3.05) is 5.32 Å². The third-order valence-corrected chi connectivity index (χ3v) is 2.74. The van der Waals surface area contributed by atoms with Gasteiger partial charge in [0, 0.05) is 16.9 Å². The molecule has 0 bridgehead atoms. The number of nitrogens with one attached hydrogen (secondary N) is 1. The van der Waals surface area contributed by atoms with Crippen LogP contribution in [0.1, 0.15) is 10.4 Å². The van der Waals surface area contributed by atoms with Gasteiger partial charge in [-0.15, -0.1) is 0 Å². The molecule has 1 N–H and O–H groups in total. The van der Waals surface area contributed by atoms with Crippen molar-refractivity contribution in [1.29, 1.82) is 0 Å². The van der Waals surface area contributed by atoms with Crippen LogP contribution in [0.2, 0.25) is 0 Å². The van der Waals surface area contributed by atoms with Gasteiger partial charge in [-0.3, -0.25) is 9.78 Å². The lowest BCUT2D eigenvalue weighted by molar-refractivity contribution is 0.102. The number of carbonyl (C=O) groups is 1. The third-order valence-electron chi connectivity index (χ3n) is 2.05. The molecule has 0 atom stereocenters. The molecule has 1 amide bonds. The minimum Gasteiger partial charge on any atom is -0.321 e. The molecule has 0 aliphatic carbocycles. The summed E-state index contributed by atoms with van der Waals surface area (Å²) in [5, 5.41) is 2.80. The molecular weight excluding hydrogens is 268 g/mol. The van der Waals surface area contributed by atoms with Gasteiger partial charge in [0.15, 0.2) is 0 Å². The van der Waals surface area contributed by atoms with Gasteiger partial charge in [-0.05, 0) is 40.2 Å². The van der Waals surface area contributed by atoms with Crippen molar-refractivity contribution in [1.82, 2.24) is 4.98 Å². The van der Waals surface area contributed by atoms with Gasteiger partial charge in [0.05, 0.1) is 11.3 Å². The van der Waals surface area contributed by atoms with Crippen molar-refractivity contribution in [3.63, 3.8) is 0 Å². The summed E-state index contributed by atoms with van der Waals surface area (Å²) >= 11 is 3.37. The van der Waals surface area contributed by atoms with Crippen LogP contribution >= 0.6 is 15.9 Å². The minimum atomic E-state index is -0.167. The summed E-state index contributed by atoms with van der Waals surface area (Å²) in [5.74, 6) is -0.167. The predicted octanol–water partition coefficient (Wildman–Crippen LogP) is 3.10. The quantitative estimate of drug-likeness (QED) is 0.916. The highest BCUT2D eigenvalue weighted by Crippen LogP contribution is 2.21. The molecule has 0 unspecified atom stereocenters. The Morgan fingerprint density at radius 3 is 2.69 bits per heavy atom. The maximum absolute atomic E-state index is 11.8. The minimum absolute atomic E-state index is 0.167. The Bertz CT molecular complexity index is 499. The summed E-state index contributed by atoms with van der Waals surface area (Å²) in [6.07, 6.45) is 3.17. The number of amides is 1. The van der Waals surface area contributed by atoms with E-state index < -0.39 is 0 Å². The maximum atomic E-state index is 11.8. The van der Waals surface area contributed by atoms with Gasteiger partial charge in [0.2, 0.25) is 0 Å². The number of nitrogens with zero attached hydrogens (tertiary/aromatic N) is 1. The van der Waals surface area contributed by atoms with E-state index in [-0.39, 0.29) is 5.91 Å². The van der Waals surface area contributed by atoms with E-state index in [2.05, 4.69) is 26.2 Å². The Morgan fingerprint density at radius 2 is 2.00 bits per heavy atom. The average Bonchev–Trinajstić information content (AvgIpc) is 2.33. The molecular formula is C12H9BrN2O. The largest absolute Gasteiger partial charge is 0.321 e. The Balaban J connectivity index is 2.18. The zero-order chi connectivity index (χ0) is 11.4. The van der Waals surface area contributed by atoms with Crippen molar-refractivity contribution in [3.05, 3.63) is 58.8 Å². The van der Waals surface area contributed by atoms with E-state index in [1.807, 2.05) is 24.3 Å². The second-order valence-electron chi connectivity index (χ2n) is 3.18. The SMILES string of the molecule is O=C(Nc1ccccc1Br)c1cccnc1. The van der Waals surface area contributed by atoms with Crippen LogP contribution in [0.15, 0.2) is 53.3 Å². The van der Waals surface area contributed by atoms with E-state index in [1.165, 1.54) is 6.20 Å². The molecule has 1 aromatic carbocycles.